The third kappa shape index (κ3) is 8.03. The Kier molecular flexibility index (Phi) is 11.1. The highest BCUT2D eigenvalue weighted by Crippen LogP contribution is 2.13. The van der Waals surface area contributed by atoms with Gasteiger partial charge in [0.05, 0.1) is 33.8 Å². The van der Waals surface area contributed by atoms with Crippen molar-refractivity contribution in [3.05, 3.63) is 84.6 Å². The molecule has 0 spiro atoms. The predicted octanol–water partition coefficient (Wildman–Crippen LogP) is -1.80. The molecule has 0 atom stereocenters. The number of rotatable bonds is 7. The molecule has 0 saturated carbocycles. The first kappa shape index (κ1) is 26.6. The first-order valence-corrected chi connectivity index (χ1v) is 9.78. The van der Waals surface area contributed by atoms with Crippen LogP contribution in [0.1, 0.15) is 12.3 Å². The largest absolute Gasteiger partial charge is 1.00 e. The molecule has 6 heteroatoms. The molecule has 3 rings (SSSR count). The van der Waals surface area contributed by atoms with Gasteiger partial charge in [-0.25, -0.2) is 0 Å². The summed E-state index contributed by atoms with van der Waals surface area (Å²) < 4.78 is 8.92. The quantitative estimate of drug-likeness (QED) is 0.156. The normalized spacial score (nSPS) is 13.9. The molecule has 0 aliphatic carbocycles. The Morgan fingerprint density at radius 3 is 2.37 bits per heavy atom. The van der Waals surface area contributed by atoms with Gasteiger partial charge in [0.2, 0.25) is 5.58 Å². The fourth-order valence-corrected chi connectivity index (χ4v) is 3.09. The van der Waals surface area contributed by atoms with Crippen LogP contribution in [0.4, 0.5) is 0 Å². The van der Waals surface area contributed by atoms with Crippen LogP contribution in [-0.2, 0) is 7.05 Å². The Labute approximate surface area is 214 Å². The molecule has 1 aliphatic rings. The van der Waals surface area contributed by atoms with Gasteiger partial charge in [0.1, 0.15) is 7.05 Å². The molecule has 0 fully saturated rings. The number of quaternary nitrogens is 1. The molecule has 0 bridgehead atoms. The highest BCUT2D eigenvalue weighted by atomic mass is 127. The zero-order chi connectivity index (χ0) is 20.0. The topological polar surface area (TPSA) is 20.3 Å². The second-order valence-corrected chi connectivity index (χ2v) is 8.11. The summed E-state index contributed by atoms with van der Waals surface area (Å²) >= 11 is 0. The molecule has 2 heterocycles. The number of para-hydroxylation sites is 2. The second kappa shape index (κ2) is 12.5. The molecule has 162 valence electrons. The Morgan fingerprint density at radius 2 is 1.70 bits per heavy atom. The van der Waals surface area contributed by atoms with Crippen LogP contribution in [0.15, 0.2) is 83.1 Å². The van der Waals surface area contributed by atoms with Gasteiger partial charge in [-0.15, -0.1) is 0 Å². The Bertz CT molecular complexity index is 946. The maximum Gasteiger partial charge on any atom is 0.373 e. The van der Waals surface area contributed by atoms with Crippen molar-refractivity contribution in [2.24, 2.45) is 7.05 Å². The molecule has 4 nitrogen and oxygen atoms in total. The third-order valence-electron chi connectivity index (χ3n) is 4.68. The van der Waals surface area contributed by atoms with E-state index in [9.17, 15) is 0 Å². The summed E-state index contributed by atoms with van der Waals surface area (Å²) in [5.74, 6) is 0.834. The number of hydrogen-bond donors (Lipinski definition) is 0. The van der Waals surface area contributed by atoms with Crippen LogP contribution in [0.3, 0.4) is 0 Å². The molecule has 0 amide bonds. The van der Waals surface area contributed by atoms with Crippen LogP contribution in [0.25, 0.3) is 17.2 Å². The number of halogens is 2. The van der Waals surface area contributed by atoms with E-state index in [1.54, 1.807) is 0 Å². The molecule has 0 unspecified atom stereocenters. The summed E-state index contributed by atoms with van der Waals surface area (Å²) in [5, 5.41) is 0. The first-order valence-electron chi connectivity index (χ1n) is 9.78. The molecule has 1 aromatic heterocycles. The Balaban J connectivity index is 0.00000225. The van der Waals surface area contributed by atoms with Gasteiger partial charge in [-0.2, -0.15) is 4.57 Å². The van der Waals surface area contributed by atoms with Crippen LogP contribution in [0, 0.1) is 0 Å². The lowest BCUT2D eigenvalue weighted by Crippen LogP contribution is -3.00. The van der Waals surface area contributed by atoms with Gasteiger partial charge < -0.3 is 61.8 Å². The SMILES string of the molecule is C[n+]1c(C=CC=CC=C2C=CN(CCC[N+](C)(C)C)C=C2)oc2ccccc21.[I-].[I-]. The van der Waals surface area contributed by atoms with Gasteiger partial charge in [-0.1, -0.05) is 36.4 Å². The number of benzene rings is 1. The molecule has 1 aliphatic heterocycles. The van der Waals surface area contributed by atoms with Crippen molar-refractivity contribution in [1.82, 2.24) is 4.90 Å². The number of hydrogen-bond acceptors (Lipinski definition) is 2. The fourth-order valence-electron chi connectivity index (χ4n) is 3.09. The van der Waals surface area contributed by atoms with Gasteiger partial charge in [-0.3, -0.25) is 0 Å². The first-order chi connectivity index (χ1) is 13.4. The highest BCUT2D eigenvalue weighted by Gasteiger charge is 2.14. The van der Waals surface area contributed by atoms with Gasteiger partial charge >= 0.3 is 5.89 Å². The molecular formula is C24H31I2N3O. The van der Waals surface area contributed by atoms with Gasteiger partial charge in [0.25, 0.3) is 5.52 Å². The van der Waals surface area contributed by atoms with E-state index in [4.69, 9.17) is 4.42 Å². The lowest BCUT2D eigenvalue weighted by atomic mass is 10.2. The van der Waals surface area contributed by atoms with E-state index < -0.39 is 0 Å². The highest BCUT2D eigenvalue weighted by molar-refractivity contribution is 5.69. The molecule has 1 aromatic carbocycles. The fraction of sp³-hybridized carbons (Fsp3) is 0.292. The lowest BCUT2D eigenvalue weighted by molar-refractivity contribution is -0.870. The number of aryl methyl sites for hydroxylation is 1. The van der Waals surface area contributed by atoms with Crippen LogP contribution >= 0.6 is 0 Å². The molecule has 30 heavy (non-hydrogen) atoms. The predicted molar refractivity (Wildman–Crippen MR) is 116 cm³/mol. The summed E-state index contributed by atoms with van der Waals surface area (Å²) in [6.45, 7) is 2.24. The smallest absolute Gasteiger partial charge is 0.373 e. The summed E-state index contributed by atoms with van der Waals surface area (Å²) in [6, 6.07) is 8.05. The molecule has 0 N–H and O–H groups in total. The third-order valence-corrected chi connectivity index (χ3v) is 4.68. The number of aromatic nitrogens is 1. The van der Waals surface area contributed by atoms with E-state index >= 15 is 0 Å². The number of allylic oxidation sites excluding steroid dienone is 7. The van der Waals surface area contributed by atoms with Crippen molar-refractivity contribution in [3.63, 3.8) is 0 Å². The van der Waals surface area contributed by atoms with E-state index in [0.717, 1.165) is 28.0 Å². The lowest BCUT2D eigenvalue weighted by Gasteiger charge is -2.25. The van der Waals surface area contributed by atoms with E-state index in [1.165, 1.54) is 18.5 Å². The Hall–Kier alpha value is -1.39. The van der Waals surface area contributed by atoms with Crippen molar-refractivity contribution in [1.29, 1.82) is 0 Å². The van der Waals surface area contributed by atoms with E-state index in [1.807, 2.05) is 43.5 Å². The van der Waals surface area contributed by atoms with Gasteiger partial charge in [0, 0.05) is 31.4 Å². The summed E-state index contributed by atoms with van der Waals surface area (Å²) in [6.07, 6.45) is 20.0. The van der Waals surface area contributed by atoms with Gasteiger partial charge in [-0.05, 0) is 23.8 Å². The number of fused-ring (bicyclic) bond motifs is 1. The average Bonchev–Trinajstić information content (AvgIpc) is 2.98. The minimum atomic E-state index is 0. The van der Waals surface area contributed by atoms with Crippen LogP contribution in [-0.4, -0.2) is 43.6 Å². The van der Waals surface area contributed by atoms with Gasteiger partial charge in [0.15, 0.2) is 0 Å². The molecular weight excluding hydrogens is 600 g/mol. The maximum absolute atomic E-state index is 5.86. The standard InChI is InChI=1S/C24H31N3O.2HI/c1-25-22-12-8-9-13-23(22)28-24(25)14-7-5-6-11-21-15-18-26(19-16-21)17-10-20-27(2,3)4;;/h5-9,11-16,18-19H,10,17,20H2,1-4H3;2*1H/q+2;;/p-2. The van der Waals surface area contributed by atoms with Crippen molar-refractivity contribution in [2.45, 2.75) is 6.42 Å². The number of nitrogens with zero attached hydrogens (tertiary/aromatic N) is 3. The summed E-state index contributed by atoms with van der Waals surface area (Å²) in [5.41, 5.74) is 3.19. The van der Waals surface area contributed by atoms with Crippen LogP contribution in [0.5, 0.6) is 0 Å². The van der Waals surface area contributed by atoms with Crippen molar-refractivity contribution in [2.75, 3.05) is 34.2 Å². The van der Waals surface area contributed by atoms with Crippen molar-refractivity contribution >= 4 is 17.2 Å². The molecule has 2 aromatic rings. The van der Waals surface area contributed by atoms with Crippen molar-refractivity contribution < 1.29 is 61.4 Å². The zero-order valence-electron chi connectivity index (χ0n) is 18.1. The maximum atomic E-state index is 5.86. The van der Waals surface area contributed by atoms with Crippen molar-refractivity contribution in [3.8, 4) is 0 Å². The number of oxazole rings is 1. The summed E-state index contributed by atoms with van der Waals surface area (Å²) in [4.78, 5) is 2.25. The minimum Gasteiger partial charge on any atom is -1.00 e. The van der Waals surface area contributed by atoms with E-state index in [-0.39, 0.29) is 48.0 Å². The second-order valence-electron chi connectivity index (χ2n) is 8.11. The zero-order valence-corrected chi connectivity index (χ0v) is 22.4. The minimum absolute atomic E-state index is 0. The molecule has 0 radical (unpaired) electrons. The van der Waals surface area contributed by atoms with E-state index in [0.29, 0.717) is 0 Å². The monoisotopic (exact) mass is 631 g/mol. The average molecular weight is 631 g/mol. The van der Waals surface area contributed by atoms with Crippen LogP contribution < -0.4 is 52.5 Å². The Morgan fingerprint density at radius 1 is 1.00 bits per heavy atom. The summed E-state index contributed by atoms with van der Waals surface area (Å²) in [7, 11) is 8.72. The van der Waals surface area contributed by atoms with E-state index in [2.05, 4.69) is 73.4 Å². The van der Waals surface area contributed by atoms with Crippen LogP contribution in [0.2, 0.25) is 0 Å². The molecule has 0 saturated heterocycles.